The van der Waals surface area contributed by atoms with Gasteiger partial charge in [-0.2, -0.15) is 5.10 Å². The van der Waals surface area contributed by atoms with E-state index in [-0.39, 0.29) is 17.6 Å². The first-order valence-corrected chi connectivity index (χ1v) is 10.1. The number of anilines is 1. The Hall–Kier alpha value is -3.52. The van der Waals surface area contributed by atoms with Gasteiger partial charge in [0.1, 0.15) is 5.82 Å². The van der Waals surface area contributed by atoms with Gasteiger partial charge in [-0.25, -0.2) is 9.07 Å². The van der Waals surface area contributed by atoms with Gasteiger partial charge in [-0.3, -0.25) is 9.59 Å². The fraction of sp³-hybridized carbons (Fsp3) is 0.261. The molecular weight excluding hydrogens is 399 g/mol. The smallest absolute Gasteiger partial charge is 0.259 e. The van der Waals surface area contributed by atoms with E-state index in [9.17, 15) is 14.0 Å². The standard InChI is InChI=1S/C23H25FN4O3/c1-3-31-13-5-12-25-22(29)17-6-4-7-19(14-17)27-23(30)21-15-26-28(16(21)2)20-10-8-18(24)9-11-20/h4,6-11,14-15H,3,5,12-13H2,1-2H3,(H,25,29)(H,27,30). The summed E-state index contributed by atoms with van der Waals surface area (Å²) in [5.74, 6) is -0.905. The van der Waals surface area contributed by atoms with E-state index in [1.807, 2.05) is 6.92 Å². The van der Waals surface area contributed by atoms with Crippen molar-refractivity contribution in [1.29, 1.82) is 0 Å². The first-order chi connectivity index (χ1) is 15.0. The summed E-state index contributed by atoms with van der Waals surface area (Å²) in [6.45, 7) is 5.44. The van der Waals surface area contributed by atoms with Crippen molar-refractivity contribution in [2.24, 2.45) is 0 Å². The molecule has 0 bridgehead atoms. The molecule has 0 radical (unpaired) electrons. The summed E-state index contributed by atoms with van der Waals surface area (Å²) in [5.41, 5.74) is 2.61. The molecule has 0 atom stereocenters. The Bertz CT molecular complexity index is 1050. The van der Waals surface area contributed by atoms with Crippen LogP contribution in [-0.2, 0) is 4.74 Å². The van der Waals surface area contributed by atoms with Gasteiger partial charge in [0.05, 0.1) is 23.1 Å². The third kappa shape index (κ3) is 5.76. The largest absolute Gasteiger partial charge is 0.382 e. The maximum atomic E-state index is 13.2. The van der Waals surface area contributed by atoms with Crippen LogP contribution in [0.15, 0.2) is 54.7 Å². The second-order valence-corrected chi connectivity index (χ2v) is 6.87. The van der Waals surface area contributed by atoms with E-state index in [1.54, 1.807) is 48.0 Å². The predicted octanol–water partition coefficient (Wildman–Crippen LogP) is 3.73. The molecule has 0 saturated carbocycles. The van der Waals surface area contributed by atoms with Crippen LogP contribution < -0.4 is 10.6 Å². The minimum atomic E-state index is -0.347. The number of amides is 2. The second kappa shape index (κ2) is 10.5. The highest BCUT2D eigenvalue weighted by atomic mass is 19.1. The predicted molar refractivity (Wildman–Crippen MR) is 116 cm³/mol. The van der Waals surface area contributed by atoms with E-state index in [0.29, 0.717) is 48.0 Å². The van der Waals surface area contributed by atoms with Gasteiger partial charge in [0, 0.05) is 31.0 Å². The summed E-state index contributed by atoms with van der Waals surface area (Å²) < 4.78 is 20.0. The van der Waals surface area contributed by atoms with Crippen LogP contribution in [0.3, 0.4) is 0 Å². The van der Waals surface area contributed by atoms with Crippen LogP contribution in [0.2, 0.25) is 0 Å². The number of carbonyl (C=O) groups is 2. The van der Waals surface area contributed by atoms with Crippen LogP contribution in [0, 0.1) is 12.7 Å². The summed E-state index contributed by atoms with van der Waals surface area (Å²) in [4.78, 5) is 25.1. The molecular formula is C23H25FN4O3. The lowest BCUT2D eigenvalue weighted by Crippen LogP contribution is -2.25. The van der Waals surface area contributed by atoms with Crippen LogP contribution in [0.25, 0.3) is 5.69 Å². The molecule has 0 aliphatic heterocycles. The molecule has 2 aromatic carbocycles. The molecule has 2 N–H and O–H groups in total. The lowest BCUT2D eigenvalue weighted by Gasteiger charge is -2.09. The number of nitrogens with zero attached hydrogens (tertiary/aromatic N) is 2. The van der Waals surface area contributed by atoms with Gasteiger partial charge in [-0.1, -0.05) is 6.07 Å². The summed E-state index contributed by atoms with van der Waals surface area (Å²) in [6, 6.07) is 12.6. The molecule has 0 aliphatic carbocycles. The Labute approximate surface area is 180 Å². The highest BCUT2D eigenvalue weighted by Gasteiger charge is 2.16. The van der Waals surface area contributed by atoms with Crippen molar-refractivity contribution in [3.8, 4) is 5.69 Å². The number of aromatic nitrogens is 2. The third-order valence-electron chi connectivity index (χ3n) is 4.66. The minimum absolute atomic E-state index is 0.215. The van der Waals surface area contributed by atoms with Crippen molar-refractivity contribution in [2.75, 3.05) is 25.1 Å². The van der Waals surface area contributed by atoms with E-state index in [2.05, 4.69) is 15.7 Å². The van der Waals surface area contributed by atoms with Crippen molar-refractivity contribution in [1.82, 2.24) is 15.1 Å². The van der Waals surface area contributed by atoms with E-state index in [1.165, 1.54) is 18.3 Å². The molecule has 162 valence electrons. The Morgan fingerprint density at radius 1 is 1.13 bits per heavy atom. The summed E-state index contributed by atoms with van der Waals surface area (Å²) >= 11 is 0. The Balaban J connectivity index is 1.65. The number of ether oxygens (including phenoxy) is 1. The normalized spacial score (nSPS) is 10.7. The maximum Gasteiger partial charge on any atom is 0.259 e. The van der Waals surface area contributed by atoms with E-state index < -0.39 is 0 Å². The molecule has 2 amide bonds. The summed E-state index contributed by atoms with van der Waals surface area (Å²) in [7, 11) is 0. The Kier molecular flexibility index (Phi) is 7.50. The number of rotatable bonds is 9. The molecule has 7 nitrogen and oxygen atoms in total. The zero-order chi connectivity index (χ0) is 22.2. The molecule has 1 aromatic heterocycles. The molecule has 0 saturated heterocycles. The van der Waals surface area contributed by atoms with Gasteiger partial charge < -0.3 is 15.4 Å². The Morgan fingerprint density at radius 2 is 1.90 bits per heavy atom. The molecule has 0 unspecified atom stereocenters. The van der Waals surface area contributed by atoms with Crippen molar-refractivity contribution in [3.05, 3.63) is 77.4 Å². The number of carbonyl (C=O) groups excluding carboxylic acids is 2. The molecule has 8 heteroatoms. The Morgan fingerprint density at radius 3 is 2.65 bits per heavy atom. The van der Waals surface area contributed by atoms with E-state index >= 15 is 0 Å². The molecule has 0 spiro atoms. The first kappa shape index (κ1) is 22.2. The van der Waals surface area contributed by atoms with E-state index in [0.717, 1.165) is 6.42 Å². The lowest BCUT2D eigenvalue weighted by molar-refractivity contribution is 0.0943. The fourth-order valence-corrected chi connectivity index (χ4v) is 3.03. The van der Waals surface area contributed by atoms with Crippen molar-refractivity contribution in [3.63, 3.8) is 0 Å². The van der Waals surface area contributed by atoms with Crippen LogP contribution in [-0.4, -0.2) is 41.4 Å². The molecule has 31 heavy (non-hydrogen) atoms. The lowest BCUT2D eigenvalue weighted by atomic mass is 10.1. The fourth-order valence-electron chi connectivity index (χ4n) is 3.03. The van der Waals surface area contributed by atoms with Gasteiger partial charge in [0.15, 0.2) is 0 Å². The van der Waals surface area contributed by atoms with Gasteiger partial charge in [-0.15, -0.1) is 0 Å². The van der Waals surface area contributed by atoms with Gasteiger partial charge in [0.2, 0.25) is 0 Å². The number of hydrogen-bond donors (Lipinski definition) is 2. The van der Waals surface area contributed by atoms with Crippen molar-refractivity contribution in [2.45, 2.75) is 20.3 Å². The maximum absolute atomic E-state index is 13.2. The van der Waals surface area contributed by atoms with Gasteiger partial charge >= 0.3 is 0 Å². The van der Waals surface area contributed by atoms with Crippen LogP contribution in [0.4, 0.5) is 10.1 Å². The third-order valence-corrected chi connectivity index (χ3v) is 4.66. The number of hydrogen-bond acceptors (Lipinski definition) is 4. The quantitative estimate of drug-likeness (QED) is 0.513. The second-order valence-electron chi connectivity index (χ2n) is 6.87. The zero-order valence-electron chi connectivity index (χ0n) is 17.5. The zero-order valence-corrected chi connectivity index (χ0v) is 17.5. The minimum Gasteiger partial charge on any atom is -0.382 e. The van der Waals surface area contributed by atoms with Crippen LogP contribution >= 0.6 is 0 Å². The highest BCUT2D eigenvalue weighted by Crippen LogP contribution is 2.17. The van der Waals surface area contributed by atoms with Crippen molar-refractivity contribution >= 4 is 17.5 Å². The highest BCUT2D eigenvalue weighted by molar-refractivity contribution is 6.05. The van der Waals surface area contributed by atoms with Gasteiger partial charge in [-0.05, 0) is 62.7 Å². The molecule has 3 rings (SSSR count). The number of benzene rings is 2. The average Bonchev–Trinajstić information content (AvgIpc) is 3.15. The SMILES string of the molecule is CCOCCCNC(=O)c1cccc(NC(=O)c2cnn(-c3ccc(F)cc3)c2C)c1. The van der Waals surface area contributed by atoms with Gasteiger partial charge in [0.25, 0.3) is 11.8 Å². The molecule has 1 heterocycles. The number of nitrogens with one attached hydrogen (secondary N) is 2. The average molecular weight is 424 g/mol. The molecule has 0 fully saturated rings. The number of halogens is 1. The van der Waals surface area contributed by atoms with E-state index in [4.69, 9.17) is 4.74 Å². The van der Waals surface area contributed by atoms with Crippen LogP contribution in [0.1, 0.15) is 39.8 Å². The van der Waals surface area contributed by atoms with Crippen molar-refractivity contribution < 1.29 is 18.7 Å². The summed E-state index contributed by atoms with van der Waals surface area (Å²) in [6.07, 6.45) is 2.19. The molecule has 0 aliphatic rings. The first-order valence-electron chi connectivity index (χ1n) is 10.1. The van der Waals surface area contributed by atoms with Crippen LogP contribution in [0.5, 0.6) is 0 Å². The monoisotopic (exact) mass is 424 g/mol. The molecule has 3 aromatic rings. The summed E-state index contributed by atoms with van der Waals surface area (Å²) in [5, 5.41) is 9.87. The topological polar surface area (TPSA) is 85.2 Å².